The van der Waals surface area contributed by atoms with Crippen molar-refractivity contribution in [2.24, 2.45) is 5.73 Å². The number of nitrogens with two attached hydrogens (primary N) is 1. The standard InChI is InChI=1S/C9H9N/c1-2-9(10)8-6-4-3-5-7-8/h3-7H,1,10H2. The summed E-state index contributed by atoms with van der Waals surface area (Å²) in [5.41, 5.74) is 9.73. The lowest BCUT2D eigenvalue weighted by Crippen LogP contribution is -1.92. The molecule has 0 amide bonds. The van der Waals surface area contributed by atoms with Crippen molar-refractivity contribution in [1.82, 2.24) is 0 Å². The van der Waals surface area contributed by atoms with Crippen molar-refractivity contribution < 1.29 is 0 Å². The van der Waals surface area contributed by atoms with E-state index in [9.17, 15) is 0 Å². The predicted octanol–water partition coefficient (Wildman–Crippen LogP) is 1.77. The summed E-state index contributed by atoms with van der Waals surface area (Å²) in [6, 6.07) is 9.65. The van der Waals surface area contributed by atoms with Crippen LogP contribution in [-0.4, -0.2) is 0 Å². The Kier molecular flexibility index (Phi) is 1.93. The van der Waals surface area contributed by atoms with Gasteiger partial charge >= 0.3 is 0 Å². The van der Waals surface area contributed by atoms with E-state index in [2.05, 4.69) is 12.3 Å². The van der Waals surface area contributed by atoms with Crippen LogP contribution in [0.5, 0.6) is 0 Å². The first-order valence-electron chi connectivity index (χ1n) is 3.05. The minimum atomic E-state index is 0.598. The van der Waals surface area contributed by atoms with Gasteiger partial charge in [-0.15, -0.1) is 5.73 Å². The third-order valence-corrected chi connectivity index (χ3v) is 1.28. The maximum absolute atomic E-state index is 5.54. The topological polar surface area (TPSA) is 26.0 Å². The SMILES string of the molecule is C=C=C(N)c1ccccc1. The Hall–Kier alpha value is -1.46. The molecule has 10 heavy (non-hydrogen) atoms. The molecule has 0 radical (unpaired) electrons. The summed E-state index contributed by atoms with van der Waals surface area (Å²) in [5, 5.41) is 0. The van der Waals surface area contributed by atoms with E-state index in [0.717, 1.165) is 5.56 Å². The van der Waals surface area contributed by atoms with Gasteiger partial charge in [-0.1, -0.05) is 36.9 Å². The largest absolute Gasteiger partial charge is 0.392 e. The summed E-state index contributed by atoms with van der Waals surface area (Å²) in [6.07, 6.45) is 0. The molecule has 0 bridgehead atoms. The molecule has 2 N–H and O–H groups in total. The van der Waals surface area contributed by atoms with Crippen molar-refractivity contribution >= 4 is 5.70 Å². The average molecular weight is 131 g/mol. The van der Waals surface area contributed by atoms with E-state index in [4.69, 9.17) is 5.73 Å². The molecule has 0 fully saturated rings. The van der Waals surface area contributed by atoms with Crippen LogP contribution in [0.1, 0.15) is 5.56 Å². The first-order valence-corrected chi connectivity index (χ1v) is 3.05. The summed E-state index contributed by atoms with van der Waals surface area (Å²) < 4.78 is 0. The van der Waals surface area contributed by atoms with Crippen LogP contribution in [0.3, 0.4) is 0 Å². The van der Waals surface area contributed by atoms with Crippen molar-refractivity contribution in [3.05, 3.63) is 48.2 Å². The summed E-state index contributed by atoms with van der Waals surface area (Å²) in [5.74, 6) is 0. The van der Waals surface area contributed by atoms with E-state index in [1.165, 1.54) is 0 Å². The van der Waals surface area contributed by atoms with Gasteiger partial charge in [0, 0.05) is 5.56 Å². The minimum Gasteiger partial charge on any atom is -0.392 e. The van der Waals surface area contributed by atoms with Crippen LogP contribution in [0, 0.1) is 0 Å². The molecule has 0 aliphatic carbocycles. The van der Waals surface area contributed by atoms with E-state index < -0.39 is 0 Å². The van der Waals surface area contributed by atoms with Crippen molar-refractivity contribution in [3.8, 4) is 0 Å². The van der Waals surface area contributed by atoms with E-state index in [0.29, 0.717) is 5.70 Å². The molecule has 50 valence electrons. The Labute approximate surface area is 60.5 Å². The van der Waals surface area contributed by atoms with Crippen LogP contribution in [0.4, 0.5) is 0 Å². The van der Waals surface area contributed by atoms with Gasteiger partial charge in [0.05, 0.1) is 5.70 Å². The van der Waals surface area contributed by atoms with Crippen molar-refractivity contribution in [1.29, 1.82) is 0 Å². The Morgan fingerprint density at radius 1 is 1.30 bits per heavy atom. The van der Waals surface area contributed by atoms with E-state index in [-0.39, 0.29) is 0 Å². The number of benzene rings is 1. The van der Waals surface area contributed by atoms with Gasteiger partial charge in [0.15, 0.2) is 0 Å². The predicted molar refractivity (Wildman–Crippen MR) is 43.2 cm³/mol. The maximum Gasteiger partial charge on any atom is 0.0815 e. The normalized spacial score (nSPS) is 8.40. The van der Waals surface area contributed by atoms with Crippen LogP contribution in [0.15, 0.2) is 42.6 Å². The van der Waals surface area contributed by atoms with Gasteiger partial charge in [0.1, 0.15) is 0 Å². The summed E-state index contributed by atoms with van der Waals surface area (Å²) in [6.45, 7) is 3.45. The Balaban J connectivity index is 3.08. The molecule has 0 aliphatic rings. The summed E-state index contributed by atoms with van der Waals surface area (Å²) in [7, 11) is 0. The first-order chi connectivity index (χ1) is 4.84. The highest BCUT2D eigenvalue weighted by Gasteiger charge is 1.89. The van der Waals surface area contributed by atoms with E-state index in [1.807, 2.05) is 30.3 Å². The second-order valence-electron chi connectivity index (χ2n) is 1.96. The zero-order chi connectivity index (χ0) is 7.40. The number of hydrogen-bond donors (Lipinski definition) is 1. The molecular weight excluding hydrogens is 122 g/mol. The molecule has 0 heterocycles. The number of hydrogen-bond acceptors (Lipinski definition) is 1. The molecule has 1 aromatic rings. The minimum absolute atomic E-state index is 0.598. The molecule has 0 spiro atoms. The molecule has 1 aromatic carbocycles. The zero-order valence-electron chi connectivity index (χ0n) is 5.67. The fourth-order valence-corrected chi connectivity index (χ4v) is 0.720. The fraction of sp³-hybridized carbons (Fsp3) is 0. The molecule has 0 unspecified atom stereocenters. The van der Waals surface area contributed by atoms with Crippen molar-refractivity contribution in [2.45, 2.75) is 0 Å². The molecular formula is C9H9N. The zero-order valence-corrected chi connectivity index (χ0v) is 5.67. The second-order valence-corrected chi connectivity index (χ2v) is 1.96. The van der Waals surface area contributed by atoms with Crippen LogP contribution in [0.25, 0.3) is 5.70 Å². The molecule has 1 heteroatoms. The molecule has 0 saturated carbocycles. The highest BCUT2D eigenvalue weighted by atomic mass is 14.6. The van der Waals surface area contributed by atoms with Crippen LogP contribution >= 0.6 is 0 Å². The van der Waals surface area contributed by atoms with Crippen LogP contribution in [0.2, 0.25) is 0 Å². The lowest BCUT2D eigenvalue weighted by molar-refractivity contribution is 1.53. The molecule has 1 rings (SSSR count). The monoisotopic (exact) mass is 131 g/mol. The van der Waals surface area contributed by atoms with Gasteiger partial charge in [-0.3, -0.25) is 0 Å². The van der Waals surface area contributed by atoms with E-state index >= 15 is 0 Å². The lowest BCUT2D eigenvalue weighted by Gasteiger charge is -1.94. The van der Waals surface area contributed by atoms with Crippen LogP contribution in [-0.2, 0) is 0 Å². The van der Waals surface area contributed by atoms with Crippen molar-refractivity contribution in [3.63, 3.8) is 0 Å². The second kappa shape index (κ2) is 2.90. The van der Waals surface area contributed by atoms with E-state index in [1.54, 1.807) is 0 Å². The third kappa shape index (κ3) is 1.28. The van der Waals surface area contributed by atoms with Gasteiger partial charge < -0.3 is 5.73 Å². The summed E-state index contributed by atoms with van der Waals surface area (Å²) in [4.78, 5) is 0. The average Bonchev–Trinajstić information content (AvgIpc) is 2.05. The summed E-state index contributed by atoms with van der Waals surface area (Å²) >= 11 is 0. The molecule has 0 aromatic heterocycles. The van der Waals surface area contributed by atoms with Gasteiger partial charge in [0.25, 0.3) is 0 Å². The molecule has 0 aliphatic heterocycles. The third-order valence-electron chi connectivity index (χ3n) is 1.28. The highest BCUT2D eigenvalue weighted by molar-refractivity contribution is 5.61. The van der Waals surface area contributed by atoms with Crippen LogP contribution < -0.4 is 5.73 Å². The Morgan fingerprint density at radius 3 is 2.40 bits per heavy atom. The fourth-order valence-electron chi connectivity index (χ4n) is 0.720. The Morgan fingerprint density at radius 2 is 1.90 bits per heavy atom. The lowest BCUT2D eigenvalue weighted by atomic mass is 10.2. The first kappa shape index (κ1) is 6.66. The smallest absolute Gasteiger partial charge is 0.0815 e. The van der Waals surface area contributed by atoms with Gasteiger partial charge in [-0.25, -0.2) is 0 Å². The van der Waals surface area contributed by atoms with Gasteiger partial charge in [-0.2, -0.15) is 0 Å². The van der Waals surface area contributed by atoms with Crippen molar-refractivity contribution in [2.75, 3.05) is 0 Å². The highest BCUT2D eigenvalue weighted by Crippen LogP contribution is 2.04. The molecule has 1 nitrogen and oxygen atoms in total. The maximum atomic E-state index is 5.54. The molecule has 0 atom stereocenters. The van der Waals surface area contributed by atoms with Gasteiger partial charge in [0.2, 0.25) is 0 Å². The molecule has 0 saturated heterocycles. The Bertz CT molecular complexity index is 255. The van der Waals surface area contributed by atoms with Gasteiger partial charge in [-0.05, 0) is 0 Å². The number of rotatable bonds is 1. The quantitative estimate of drug-likeness (QED) is 0.577.